The summed E-state index contributed by atoms with van der Waals surface area (Å²) in [6.45, 7) is 5.61. The molecule has 114 valence electrons. The fourth-order valence-corrected chi connectivity index (χ4v) is 3.63. The summed E-state index contributed by atoms with van der Waals surface area (Å²) >= 11 is 6.17. The molecule has 21 heavy (non-hydrogen) atoms. The van der Waals surface area contributed by atoms with E-state index in [1.165, 1.54) is 19.4 Å². The standard InChI is InChI=1S/C16H23ClN4/c1-3-20-9-6-7-13(20)12-19(2)16-14(11-17)21-10-5-4-8-15(21)18-16/h4-5,8,10,13H,3,6-7,9,11-12H2,1-2H3. The molecule has 0 aromatic carbocycles. The van der Waals surface area contributed by atoms with Gasteiger partial charge in [-0.15, -0.1) is 11.6 Å². The van der Waals surface area contributed by atoms with E-state index in [0.717, 1.165) is 30.2 Å². The number of nitrogens with zero attached hydrogens (tertiary/aromatic N) is 4. The summed E-state index contributed by atoms with van der Waals surface area (Å²) in [5.74, 6) is 1.49. The lowest BCUT2D eigenvalue weighted by atomic mass is 10.2. The lowest BCUT2D eigenvalue weighted by Gasteiger charge is -2.28. The maximum absolute atomic E-state index is 6.17. The van der Waals surface area contributed by atoms with E-state index in [1.807, 2.05) is 24.4 Å². The first-order valence-electron chi connectivity index (χ1n) is 7.71. The average Bonchev–Trinajstić information content (AvgIpc) is 3.10. The van der Waals surface area contributed by atoms with Crippen LogP contribution in [0.3, 0.4) is 0 Å². The van der Waals surface area contributed by atoms with Crippen LogP contribution in [0.4, 0.5) is 5.82 Å². The number of anilines is 1. The number of halogens is 1. The maximum Gasteiger partial charge on any atom is 0.152 e. The Kier molecular flexibility index (Phi) is 4.36. The minimum atomic E-state index is 0.479. The molecule has 1 aliphatic rings. The normalized spacial score (nSPS) is 19.5. The highest BCUT2D eigenvalue weighted by molar-refractivity contribution is 6.17. The van der Waals surface area contributed by atoms with Gasteiger partial charge in [0.25, 0.3) is 0 Å². The fraction of sp³-hybridized carbons (Fsp3) is 0.562. The van der Waals surface area contributed by atoms with Crippen molar-refractivity contribution >= 4 is 23.1 Å². The van der Waals surface area contributed by atoms with Gasteiger partial charge in [-0.3, -0.25) is 4.90 Å². The number of likely N-dealkylation sites (N-methyl/N-ethyl adjacent to an activating group) is 2. The molecule has 1 aliphatic heterocycles. The first-order chi connectivity index (χ1) is 10.2. The van der Waals surface area contributed by atoms with E-state index >= 15 is 0 Å². The zero-order valence-electron chi connectivity index (χ0n) is 12.8. The Balaban J connectivity index is 1.85. The van der Waals surface area contributed by atoms with Crippen LogP contribution in [0.25, 0.3) is 5.65 Å². The predicted octanol–water partition coefficient (Wildman–Crippen LogP) is 2.99. The van der Waals surface area contributed by atoms with Crippen molar-refractivity contribution in [2.24, 2.45) is 0 Å². The highest BCUT2D eigenvalue weighted by atomic mass is 35.5. The molecule has 0 bridgehead atoms. The second kappa shape index (κ2) is 6.24. The lowest BCUT2D eigenvalue weighted by molar-refractivity contribution is 0.270. The van der Waals surface area contributed by atoms with E-state index in [-0.39, 0.29) is 0 Å². The summed E-state index contributed by atoms with van der Waals surface area (Å²) in [5.41, 5.74) is 2.05. The molecule has 5 heteroatoms. The first kappa shape index (κ1) is 14.7. The highest BCUT2D eigenvalue weighted by Gasteiger charge is 2.25. The van der Waals surface area contributed by atoms with Crippen molar-refractivity contribution < 1.29 is 0 Å². The van der Waals surface area contributed by atoms with Crippen LogP contribution in [0.15, 0.2) is 24.4 Å². The van der Waals surface area contributed by atoms with Gasteiger partial charge in [0.2, 0.25) is 0 Å². The van der Waals surface area contributed by atoms with Gasteiger partial charge in [-0.05, 0) is 38.1 Å². The van der Waals surface area contributed by atoms with Crippen molar-refractivity contribution in [3.63, 3.8) is 0 Å². The van der Waals surface area contributed by atoms with E-state index in [2.05, 4.69) is 28.2 Å². The quantitative estimate of drug-likeness (QED) is 0.794. The lowest BCUT2D eigenvalue weighted by Crippen LogP contribution is -2.39. The highest BCUT2D eigenvalue weighted by Crippen LogP contribution is 2.25. The number of rotatable bonds is 5. The molecule has 1 fully saturated rings. The second-order valence-electron chi connectivity index (χ2n) is 5.75. The average molecular weight is 307 g/mol. The molecule has 2 aromatic heterocycles. The van der Waals surface area contributed by atoms with Crippen LogP contribution in [0.1, 0.15) is 25.5 Å². The fourth-order valence-electron chi connectivity index (χ4n) is 3.38. The maximum atomic E-state index is 6.17. The van der Waals surface area contributed by atoms with Gasteiger partial charge < -0.3 is 9.30 Å². The van der Waals surface area contributed by atoms with Crippen molar-refractivity contribution in [1.82, 2.24) is 14.3 Å². The number of alkyl halides is 1. The summed E-state index contributed by atoms with van der Waals surface area (Å²) in [4.78, 5) is 9.59. The molecule has 3 rings (SSSR count). The summed E-state index contributed by atoms with van der Waals surface area (Å²) in [6, 6.07) is 6.69. The Morgan fingerprint density at radius 2 is 2.29 bits per heavy atom. The number of hydrogen-bond acceptors (Lipinski definition) is 3. The second-order valence-corrected chi connectivity index (χ2v) is 6.02. The Bertz CT molecular complexity index is 609. The SMILES string of the molecule is CCN1CCCC1CN(C)c1nc2ccccn2c1CCl. The molecule has 0 radical (unpaired) electrons. The number of imidazole rings is 1. The molecule has 0 amide bonds. The van der Waals surface area contributed by atoms with Gasteiger partial charge in [0.15, 0.2) is 5.82 Å². The van der Waals surface area contributed by atoms with Gasteiger partial charge in [-0.25, -0.2) is 4.98 Å². The summed E-state index contributed by atoms with van der Waals surface area (Å²) < 4.78 is 2.09. The van der Waals surface area contributed by atoms with Crippen molar-refractivity contribution in [3.05, 3.63) is 30.1 Å². The van der Waals surface area contributed by atoms with Crippen molar-refractivity contribution in [1.29, 1.82) is 0 Å². The van der Waals surface area contributed by atoms with E-state index in [4.69, 9.17) is 16.6 Å². The zero-order chi connectivity index (χ0) is 14.8. The molecule has 1 saturated heterocycles. The molecule has 0 N–H and O–H groups in total. The summed E-state index contributed by atoms with van der Waals surface area (Å²) in [5, 5.41) is 0. The van der Waals surface area contributed by atoms with E-state index in [0.29, 0.717) is 11.9 Å². The smallest absolute Gasteiger partial charge is 0.152 e. The first-order valence-corrected chi connectivity index (χ1v) is 8.25. The molecular formula is C16H23ClN4. The van der Waals surface area contributed by atoms with Crippen LogP contribution >= 0.6 is 11.6 Å². The third kappa shape index (κ3) is 2.74. The van der Waals surface area contributed by atoms with Gasteiger partial charge in [0.1, 0.15) is 5.65 Å². The predicted molar refractivity (Wildman–Crippen MR) is 88.3 cm³/mol. The van der Waals surface area contributed by atoms with Crippen LogP contribution in [0.5, 0.6) is 0 Å². The van der Waals surface area contributed by atoms with Gasteiger partial charge >= 0.3 is 0 Å². The van der Waals surface area contributed by atoms with Gasteiger partial charge in [-0.2, -0.15) is 0 Å². The van der Waals surface area contributed by atoms with Crippen molar-refractivity contribution in [3.8, 4) is 0 Å². The largest absolute Gasteiger partial charge is 0.357 e. The zero-order valence-corrected chi connectivity index (χ0v) is 13.6. The Morgan fingerprint density at radius 3 is 3.05 bits per heavy atom. The minimum Gasteiger partial charge on any atom is -0.357 e. The van der Waals surface area contributed by atoms with E-state index in [9.17, 15) is 0 Å². The number of pyridine rings is 1. The van der Waals surface area contributed by atoms with Gasteiger partial charge in [0.05, 0.1) is 11.6 Å². The molecule has 2 aromatic rings. The van der Waals surface area contributed by atoms with Crippen molar-refractivity contribution in [2.75, 3.05) is 31.6 Å². The number of hydrogen-bond donors (Lipinski definition) is 0. The monoisotopic (exact) mass is 306 g/mol. The van der Waals surface area contributed by atoms with Crippen LogP contribution in [-0.4, -0.2) is 47.0 Å². The Morgan fingerprint density at radius 1 is 1.43 bits per heavy atom. The third-order valence-corrected chi connectivity index (χ3v) is 4.74. The van der Waals surface area contributed by atoms with Crippen LogP contribution in [0, 0.1) is 0 Å². The van der Waals surface area contributed by atoms with Gasteiger partial charge in [-0.1, -0.05) is 13.0 Å². The number of fused-ring (bicyclic) bond motifs is 1. The topological polar surface area (TPSA) is 23.8 Å². The summed E-state index contributed by atoms with van der Waals surface area (Å²) in [6.07, 6.45) is 4.62. The number of aromatic nitrogens is 2. The molecular weight excluding hydrogens is 284 g/mol. The summed E-state index contributed by atoms with van der Waals surface area (Å²) in [7, 11) is 2.13. The van der Waals surface area contributed by atoms with E-state index < -0.39 is 0 Å². The Hall–Kier alpha value is -1.26. The van der Waals surface area contributed by atoms with Crippen LogP contribution < -0.4 is 4.90 Å². The van der Waals surface area contributed by atoms with Gasteiger partial charge in [0, 0.05) is 25.8 Å². The Labute approximate surface area is 131 Å². The van der Waals surface area contributed by atoms with Crippen molar-refractivity contribution in [2.45, 2.75) is 31.7 Å². The molecule has 0 saturated carbocycles. The molecule has 1 atom stereocenters. The van der Waals surface area contributed by atoms with E-state index in [1.54, 1.807) is 0 Å². The molecule has 0 spiro atoms. The van der Waals surface area contributed by atoms with Crippen LogP contribution in [-0.2, 0) is 5.88 Å². The molecule has 3 heterocycles. The molecule has 0 aliphatic carbocycles. The number of likely N-dealkylation sites (tertiary alicyclic amines) is 1. The third-order valence-electron chi connectivity index (χ3n) is 4.49. The molecule has 4 nitrogen and oxygen atoms in total. The molecule has 1 unspecified atom stereocenters. The van der Waals surface area contributed by atoms with Crippen LogP contribution in [0.2, 0.25) is 0 Å². The minimum absolute atomic E-state index is 0.479.